The molecule has 0 amide bonds. The first-order valence-corrected chi connectivity index (χ1v) is 13.3. The second-order valence-corrected chi connectivity index (χ2v) is 9.70. The van der Waals surface area contributed by atoms with E-state index in [2.05, 4.69) is 40.5 Å². The normalized spacial score (nSPS) is 13.4. The number of nitrogens with zero attached hydrogens (tertiary/aromatic N) is 1. The van der Waals surface area contributed by atoms with E-state index in [4.69, 9.17) is 4.74 Å². The van der Waals surface area contributed by atoms with Gasteiger partial charge in [-0.1, -0.05) is 72.8 Å². The molecule has 0 radical (unpaired) electrons. The SMILES string of the molecule is O=C(O)CC(c1ccccc1)c1ccc(NCc2cccc3c2CCCN3CCOc2ccccc2)cc1. The highest BCUT2D eigenvalue weighted by atomic mass is 16.5. The molecule has 1 atom stereocenters. The van der Waals surface area contributed by atoms with Crippen LogP contribution in [0.25, 0.3) is 0 Å². The molecular formula is C33H34N2O3. The maximum absolute atomic E-state index is 11.5. The van der Waals surface area contributed by atoms with Crippen LogP contribution < -0.4 is 15.0 Å². The van der Waals surface area contributed by atoms with Crippen molar-refractivity contribution in [3.05, 3.63) is 125 Å². The molecule has 1 unspecified atom stereocenters. The van der Waals surface area contributed by atoms with Crippen molar-refractivity contribution >= 4 is 17.3 Å². The maximum Gasteiger partial charge on any atom is 0.304 e. The number of ether oxygens (including phenoxy) is 1. The minimum atomic E-state index is -0.796. The van der Waals surface area contributed by atoms with Gasteiger partial charge < -0.3 is 20.1 Å². The number of aliphatic carboxylic acids is 1. The second kappa shape index (κ2) is 12.3. The predicted octanol–water partition coefficient (Wildman–Crippen LogP) is 6.74. The van der Waals surface area contributed by atoms with Gasteiger partial charge in [0.05, 0.1) is 13.0 Å². The summed E-state index contributed by atoms with van der Waals surface area (Å²) in [6.45, 7) is 3.31. The molecule has 4 aromatic carbocycles. The highest BCUT2D eigenvalue weighted by Crippen LogP contribution is 2.31. The lowest BCUT2D eigenvalue weighted by atomic mass is 9.88. The van der Waals surface area contributed by atoms with Crippen molar-refractivity contribution in [1.82, 2.24) is 0 Å². The maximum atomic E-state index is 11.5. The Morgan fingerprint density at radius 2 is 1.58 bits per heavy atom. The molecule has 5 nitrogen and oxygen atoms in total. The molecule has 38 heavy (non-hydrogen) atoms. The van der Waals surface area contributed by atoms with Gasteiger partial charge in [0.2, 0.25) is 0 Å². The van der Waals surface area contributed by atoms with E-state index in [0.29, 0.717) is 6.61 Å². The molecule has 5 heteroatoms. The van der Waals surface area contributed by atoms with Gasteiger partial charge in [0, 0.05) is 30.4 Å². The molecule has 0 spiro atoms. The summed E-state index contributed by atoms with van der Waals surface area (Å²) in [5.41, 5.74) is 7.08. The Labute approximate surface area is 224 Å². The quantitative estimate of drug-likeness (QED) is 0.236. The van der Waals surface area contributed by atoms with Crippen molar-refractivity contribution in [2.75, 3.05) is 29.9 Å². The molecule has 1 aliphatic rings. The Hall–Kier alpha value is -4.25. The second-order valence-electron chi connectivity index (χ2n) is 9.70. The minimum Gasteiger partial charge on any atom is -0.492 e. The van der Waals surface area contributed by atoms with E-state index < -0.39 is 5.97 Å². The van der Waals surface area contributed by atoms with Crippen LogP contribution >= 0.6 is 0 Å². The zero-order valence-corrected chi connectivity index (χ0v) is 21.6. The lowest BCUT2D eigenvalue weighted by Crippen LogP contribution is -2.33. The van der Waals surface area contributed by atoms with Crippen LogP contribution in [0.3, 0.4) is 0 Å². The molecule has 194 valence electrons. The summed E-state index contributed by atoms with van der Waals surface area (Å²) in [5, 5.41) is 13.0. The first-order chi connectivity index (χ1) is 18.7. The van der Waals surface area contributed by atoms with Crippen LogP contribution in [0, 0.1) is 0 Å². The molecule has 0 fully saturated rings. The summed E-state index contributed by atoms with van der Waals surface area (Å²) in [4.78, 5) is 14.0. The smallest absolute Gasteiger partial charge is 0.304 e. The molecule has 0 saturated heterocycles. The van der Waals surface area contributed by atoms with E-state index in [9.17, 15) is 9.90 Å². The van der Waals surface area contributed by atoms with Crippen LogP contribution in [0.1, 0.15) is 41.0 Å². The van der Waals surface area contributed by atoms with Gasteiger partial charge in [-0.25, -0.2) is 0 Å². The number of para-hydroxylation sites is 1. The van der Waals surface area contributed by atoms with Gasteiger partial charge in [0.15, 0.2) is 0 Å². The molecule has 1 aliphatic heterocycles. The Bertz CT molecular complexity index is 1320. The van der Waals surface area contributed by atoms with Gasteiger partial charge in [-0.05, 0) is 65.4 Å². The Morgan fingerprint density at radius 3 is 2.32 bits per heavy atom. The van der Waals surface area contributed by atoms with Crippen molar-refractivity contribution in [2.24, 2.45) is 0 Å². The largest absolute Gasteiger partial charge is 0.492 e. The van der Waals surface area contributed by atoms with Crippen LogP contribution in [0.5, 0.6) is 5.75 Å². The number of hydrogen-bond acceptors (Lipinski definition) is 4. The number of benzene rings is 4. The summed E-state index contributed by atoms with van der Waals surface area (Å²) < 4.78 is 5.95. The molecule has 0 aromatic heterocycles. The Morgan fingerprint density at radius 1 is 0.868 bits per heavy atom. The van der Waals surface area contributed by atoms with E-state index in [1.54, 1.807) is 0 Å². The van der Waals surface area contributed by atoms with Gasteiger partial charge in [0.1, 0.15) is 12.4 Å². The fourth-order valence-electron chi connectivity index (χ4n) is 5.28. The highest BCUT2D eigenvalue weighted by Gasteiger charge is 2.20. The fraction of sp³-hybridized carbons (Fsp3) is 0.242. The van der Waals surface area contributed by atoms with Crippen LogP contribution in [0.2, 0.25) is 0 Å². The standard InChI is InChI=1S/C33H34N2O3/c36-33(37)23-31(25-9-3-1-4-10-25)26-16-18-28(19-17-26)34-24-27-11-7-15-32-30(27)14-8-20-35(32)21-22-38-29-12-5-2-6-13-29/h1-7,9-13,15-19,31,34H,8,14,20-24H2,(H,36,37). The number of carboxylic acids is 1. The lowest BCUT2D eigenvalue weighted by molar-refractivity contribution is -0.137. The summed E-state index contributed by atoms with van der Waals surface area (Å²) in [6, 6.07) is 34.6. The number of fused-ring (bicyclic) bond motifs is 1. The molecular weight excluding hydrogens is 472 g/mol. The number of carboxylic acid groups (broad SMARTS) is 1. The topological polar surface area (TPSA) is 61.8 Å². The fourth-order valence-corrected chi connectivity index (χ4v) is 5.28. The average Bonchev–Trinajstić information content (AvgIpc) is 2.96. The van der Waals surface area contributed by atoms with Crippen molar-refractivity contribution in [2.45, 2.75) is 31.7 Å². The predicted molar refractivity (Wildman–Crippen MR) is 153 cm³/mol. The first kappa shape index (κ1) is 25.4. The summed E-state index contributed by atoms with van der Waals surface area (Å²) in [6.07, 6.45) is 2.28. The van der Waals surface area contributed by atoms with Crippen LogP contribution in [-0.4, -0.2) is 30.8 Å². The molecule has 0 saturated carbocycles. The van der Waals surface area contributed by atoms with E-state index in [1.165, 1.54) is 16.8 Å². The zero-order valence-electron chi connectivity index (χ0n) is 21.6. The van der Waals surface area contributed by atoms with Crippen molar-refractivity contribution in [1.29, 1.82) is 0 Å². The monoisotopic (exact) mass is 506 g/mol. The number of anilines is 2. The first-order valence-electron chi connectivity index (χ1n) is 13.3. The van der Waals surface area contributed by atoms with Gasteiger partial charge >= 0.3 is 5.97 Å². The van der Waals surface area contributed by atoms with Gasteiger partial charge in [-0.2, -0.15) is 0 Å². The van der Waals surface area contributed by atoms with Crippen molar-refractivity contribution < 1.29 is 14.6 Å². The van der Waals surface area contributed by atoms with E-state index in [-0.39, 0.29) is 12.3 Å². The van der Waals surface area contributed by atoms with Gasteiger partial charge in [0.25, 0.3) is 0 Å². The number of nitrogens with one attached hydrogen (secondary N) is 1. The van der Waals surface area contributed by atoms with E-state index >= 15 is 0 Å². The number of carbonyl (C=O) groups is 1. The number of hydrogen-bond donors (Lipinski definition) is 2. The molecule has 0 aliphatic carbocycles. The molecule has 5 rings (SSSR count). The molecule has 0 bridgehead atoms. The average molecular weight is 507 g/mol. The Balaban J connectivity index is 1.23. The van der Waals surface area contributed by atoms with Crippen LogP contribution in [0.15, 0.2) is 103 Å². The molecule has 2 N–H and O–H groups in total. The van der Waals surface area contributed by atoms with Gasteiger partial charge in [-0.3, -0.25) is 4.79 Å². The Kier molecular flexibility index (Phi) is 8.24. The van der Waals surface area contributed by atoms with Crippen LogP contribution in [0.4, 0.5) is 11.4 Å². The summed E-state index contributed by atoms with van der Waals surface area (Å²) in [5.74, 6) is -0.0527. The molecule has 4 aromatic rings. The van der Waals surface area contributed by atoms with Crippen LogP contribution in [-0.2, 0) is 17.8 Å². The molecule has 1 heterocycles. The third kappa shape index (κ3) is 6.35. The highest BCUT2D eigenvalue weighted by molar-refractivity contribution is 5.69. The van der Waals surface area contributed by atoms with E-state index in [0.717, 1.165) is 55.0 Å². The van der Waals surface area contributed by atoms with E-state index in [1.807, 2.05) is 72.8 Å². The third-order valence-electron chi connectivity index (χ3n) is 7.19. The summed E-state index contributed by atoms with van der Waals surface area (Å²) in [7, 11) is 0. The van der Waals surface area contributed by atoms with Crippen molar-refractivity contribution in [3.63, 3.8) is 0 Å². The van der Waals surface area contributed by atoms with Gasteiger partial charge in [-0.15, -0.1) is 0 Å². The van der Waals surface area contributed by atoms with Crippen molar-refractivity contribution in [3.8, 4) is 5.75 Å². The lowest BCUT2D eigenvalue weighted by Gasteiger charge is -2.32. The number of rotatable bonds is 11. The third-order valence-corrected chi connectivity index (χ3v) is 7.19. The minimum absolute atomic E-state index is 0.0693. The zero-order chi connectivity index (χ0) is 26.2. The summed E-state index contributed by atoms with van der Waals surface area (Å²) >= 11 is 0.